The number of hydrogen-bond acceptors (Lipinski definition) is 6. The average molecular weight is 301 g/mol. The number of nitrogens with zero attached hydrogens (tertiary/aromatic N) is 3. The lowest BCUT2D eigenvalue weighted by Gasteiger charge is -2.10. The van der Waals surface area contributed by atoms with Crippen molar-refractivity contribution < 1.29 is 5.11 Å². The molecule has 3 N–H and O–H groups in total. The molecule has 0 unspecified atom stereocenters. The van der Waals surface area contributed by atoms with E-state index in [0.29, 0.717) is 28.9 Å². The second-order valence-corrected chi connectivity index (χ2v) is 5.37. The minimum absolute atomic E-state index is 0.310. The van der Waals surface area contributed by atoms with Crippen LogP contribution in [0.4, 0.5) is 5.82 Å². The number of phenols is 1. The maximum absolute atomic E-state index is 10.1. The van der Waals surface area contributed by atoms with Gasteiger partial charge in [-0.25, -0.2) is 15.0 Å². The summed E-state index contributed by atoms with van der Waals surface area (Å²) < 4.78 is 0. The molecule has 7 heteroatoms. The van der Waals surface area contributed by atoms with Crippen LogP contribution in [0.25, 0.3) is 11.2 Å². The smallest absolute Gasteiger partial charge is 0.191 e. The van der Waals surface area contributed by atoms with Gasteiger partial charge in [-0.2, -0.15) is 0 Å². The van der Waals surface area contributed by atoms with Gasteiger partial charge in [0, 0.05) is 12.1 Å². The van der Waals surface area contributed by atoms with Crippen LogP contribution in [0.1, 0.15) is 11.1 Å². The third-order valence-electron chi connectivity index (χ3n) is 3.22. The van der Waals surface area contributed by atoms with Gasteiger partial charge in [0.1, 0.15) is 11.3 Å². The number of para-hydroxylation sites is 1. The summed E-state index contributed by atoms with van der Waals surface area (Å²) in [6.45, 7) is 2.36. The number of aromatic amines is 1. The number of nitrogens with one attached hydrogen (secondary N) is 2. The second kappa shape index (κ2) is 5.61. The number of aromatic nitrogens is 4. The van der Waals surface area contributed by atoms with Gasteiger partial charge in [-0.15, -0.1) is 0 Å². The molecule has 0 atom stereocenters. The molecule has 0 aliphatic heterocycles. The minimum Gasteiger partial charge on any atom is -0.507 e. The van der Waals surface area contributed by atoms with Crippen molar-refractivity contribution in [3.05, 3.63) is 35.7 Å². The van der Waals surface area contributed by atoms with Crippen LogP contribution in [-0.4, -0.2) is 31.3 Å². The van der Waals surface area contributed by atoms with Crippen molar-refractivity contribution in [1.82, 2.24) is 19.9 Å². The molecule has 0 amide bonds. The highest BCUT2D eigenvalue weighted by atomic mass is 32.2. The topological polar surface area (TPSA) is 86.7 Å². The molecule has 0 saturated carbocycles. The number of aryl methyl sites for hydroxylation is 1. The molecule has 3 aromatic rings. The molecule has 21 heavy (non-hydrogen) atoms. The van der Waals surface area contributed by atoms with Gasteiger partial charge in [0.05, 0.1) is 6.33 Å². The number of anilines is 1. The summed E-state index contributed by atoms with van der Waals surface area (Å²) in [5.74, 6) is 0.993. The van der Waals surface area contributed by atoms with Crippen molar-refractivity contribution >= 4 is 28.7 Å². The number of rotatable bonds is 4. The van der Waals surface area contributed by atoms with Gasteiger partial charge >= 0.3 is 0 Å². The van der Waals surface area contributed by atoms with Crippen LogP contribution in [0.3, 0.4) is 0 Å². The number of H-pyrrole nitrogens is 1. The first kappa shape index (κ1) is 13.7. The fourth-order valence-electron chi connectivity index (χ4n) is 2.07. The van der Waals surface area contributed by atoms with Gasteiger partial charge in [0.2, 0.25) is 0 Å². The molecule has 2 aromatic heterocycles. The molecule has 0 fully saturated rings. The Hall–Kier alpha value is -2.28. The van der Waals surface area contributed by atoms with Gasteiger partial charge < -0.3 is 15.4 Å². The number of benzene rings is 1. The number of thioether (sulfide) groups is 1. The second-order valence-electron chi connectivity index (χ2n) is 4.60. The quantitative estimate of drug-likeness (QED) is 0.507. The van der Waals surface area contributed by atoms with Crippen LogP contribution < -0.4 is 5.32 Å². The van der Waals surface area contributed by atoms with Crippen LogP contribution in [0, 0.1) is 6.92 Å². The molecule has 0 radical (unpaired) electrons. The molecule has 0 spiro atoms. The van der Waals surface area contributed by atoms with E-state index in [1.165, 1.54) is 11.8 Å². The van der Waals surface area contributed by atoms with E-state index < -0.39 is 0 Å². The van der Waals surface area contributed by atoms with Crippen LogP contribution in [0.2, 0.25) is 0 Å². The van der Waals surface area contributed by atoms with Crippen molar-refractivity contribution in [2.75, 3.05) is 11.6 Å². The zero-order valence-electron chi connectivity index (χ0n) is 11.7. The number of aromatic hydroxyl groups is 1. The minimum atomic E-state index is 0.310. The van der Waals surface area contributed by atoms with E-state index in [2.05, 4.69) is 25.3 Å². The van der Waals surface area contributed by atoms with Crippen molar-refractivity contribution in [2.24, 2.45) is 0 Å². The Morgan fingerprint density at radius 3 is 3.00 bits per heavy atom. The van der Waals surface area contributed by atoms with E-state index in [4.69, 9.17) is 0 Å². The Kier molecular flexibility index (Phi) is 3.66. The molecular weight excluding hydrogens is 286 g/mol. The molecule has 0 bridgehead atoms. The highest BCUT2D eigenvalue weighted by molar-refractivity contribution is 7.98. The summed E-state index contributed by atoms with van der Waals surface area (Å²) in [7, 11) is 0. The van der Waals surface area contributed by atoms with Gasteiger partial charge in [-0.3, -0.25) is 0 Å². The molecule has 1 aromatic carbocycles. The van der Waals surface area contributed by atoms with E-state index in [1.807, 2.05) is 31.4 Å². The molecule has 0 aliphatic carbocycles. The number of imidazole rings is 1. The van der Waals surface area contributed by atoms with Crippen molar-refractivity contribution in [1.29, 1.82) is 0 Å². The SMILES string of the molecule is CSc1nc(NCc2cccc(C)c2O)c2[nH]cnc2n1. The largest absolute Gasteiger partial charge is 0.507 e. The third kappa shape index (κ3) is 2.64. The van der Waals surface area contributed by atoms with Crippen LogP contribution in [-0.2, 0) is 6.54 Å². The molecular formula is C14H15N5OS. The highest BCUT2D eigenvalue weighted by Gasteiger charge is 2.10. The van der Waals surface area contributed by atoms with Gasteiger partial charge in [0.15, 0.2) is 16.6 Å². The Balaban J connectivity index is 1.91. The third-order valence-corrected chi connectivity index (χ3v) is 3.76. The monoisotopic (exact) mass is 301 g/mol. The molecule has 108 valence electrons. The lowest BCUT2D eigenvalue weighted by molar-refractivity contribution is 0.465. The maximum Gasteiger partial charge on any atom is 0.191 e. The first-order chi connectivity index (χ1) is 10.2. The predicted molar refractivity (Wildman–Crippen MR) is 83.6 cm³/mol. The number of hydrogen-bond donors (Lipinski definition) is 3. The van der Waals surface area contributed by atoms with Gasteiger partial charge in [-0.05, 0) is 18.7 Å². The lowest BCUT2D eigenvalue weighted by atomic mass is 10.1. The van der Waals surface area contributed by atoms with E-state index in [9.17, 15) is 5.11 Å². The van der Waals surface area contributed by atoms with E-state index >= 15 is 0 Å². The zero-order valence-corrected chi connectivity index (χ0v) is 12.5. The Morgan fingerprint density at radius 1 is 1.33 bits per heavy atom. The fourth-order valence-corrected chi connectivity index (χ4v) is 2.43. The summed E-state index contributed by atoms with van der Waals surface area (Å²) in [6.07, 6.45) is 3.52. The van der Waals surface area contributed by atoms with Crippen LogP contribution in [0.15, 0.2) is 29.7 Å². The average Bonchev–Trinajstić information content (AvgIpc) is 2.96. The summed E-state index contributed by atoms with van der Waals surface area (Å²) in [6, 6.07) is 5.68. The van der Waals surface area contributed by atoms with Crippen LogP contribution in [0.5, 0.6) is 5.75 Å². The number of phenolic OH excluding ortho intramolecular Hbond substituents is 1. The van der Waals surface area contributed by atoms with Gasteiger partial charge in [0.25, 0.3) is 0 Å². The Bertz CT molecular complexity index is 786. The Morgan fingerprint density at radius 2 is 2.19 bits per heavy atom. The highest BCUT2D eigenvalue weighted by Crippen LogP contribution is 2.24. The van der Waals surface area contributed by atoms with E-state index in [1.54, 1.807) is 6.33 Å². The fraction of sp³-hybridized carbons (Fsp3) is 0.214. The summed E-state index contributed by atoms with van der Waals surface area (Å²) in [5.41, 5.74) is 3.07. The first-order valence-corrected chi connectivity index (χ1v) is 7.68. The first-order valence-electron chi connectivity index (χ1n) is 6.45. The number of fused-ring (bicyclic) bond motifs is 1. The van der Waals surface area contributed by atoms with Gasteiger partial charge in [-0.1, -0.05) is 30.0 Å². The van der Waals surface area contributed by atoms with Crippen LogP contribution >= 0.6 is 11.8 Å². The Labute approximate surface area is 126 Å². The predicted octanol–water partition coefficient (Wildman–Crippen LogP) is 2.70. The molecule has 0 saturated heterocycles. The summed E-state index contributed by atoms with van der Waals surface area (Å²) in [5, 5.41) is 13.9. The molecule has 2 heterocycles. The summed E-state index contributed by atoms with van der Waals surface area (Å²) in [4.78, 5) is 16.0. The lowest BCUT2D eigenvalue weighted by Crippen LogP contribution is -2.04. The maximum atomic E-state index is 10.1. The molecule has 3 rings (SSSR count). The molecule has 6 nitrogen and oxygen atoms in total. The van der Waals surface area contributed by atoms with Crippen molar-refractivity contribution in [3.8, 4) is 5.75 Å². The van der Waals surface area contributed by atoms with E-state index in [0.717, 1.165) is 16.6 Å². The van der Waals surface area contributed by atoms with Crippen molar-refractivity contribution in [3.63, 3.8) is 0 Å². The van der Waals surface area contributed by atoms with Crippen molar-refractivity contribution in [2.45, 2.75) is 18.6 Å². The summed E-state index contributed by atoms with van der Waals surface area (Å²) >= 11 is 1.46. The van der Waals surface area contributed by atoms with E-state index in [-0.39, 0.29) is 0 Å². The molecule has 0 aliphatic rings. The zero-order chi connectivity index (χ0) is 14.8. The normalized spacial score (nSPS) is 11.0. The standard InChI is InChI=1S/C14H15N5OS/c1-8-4-3-5-9(11(8)20)6-15-12-10-13(17-7-16-10)19-14(18-12)21-2/h3-5,7,20H,6H2,1-2H3,(H2,15,16,17,18,19).